The van der Waals surface area contributed by atoms with Gasteiger partial charge in [0.25, 0.3) is 0 Å². The SMILES string of the molecule is C[C@]12CC(=CN)C(=Nc3ccc(F)cc3)C=C1CC[C@@H]1C2C(O)C[C@@]2(C)C1CC[C@]2(OC(=O)C1CC1)C(=O)SCCO. The van der Waals surface area contributed by atoms with Gasteiger partial charge in [-0.1, -0.05) is 31.2 Å². The van der Waals surface area contributed by atoms with Crippen molar-refractivity contribution in [3.63, 3.8) is 0 Å². The van der Waals surface area contributed by atoms with Gasteiger partial charge < -0.3 is 20.7 Å². The number of hydrogen-bond donors (Lipinski definition) is 3. The zero-order chi connectivity index (χ0) is 29.9. The largest absolute Gasteiger partial charge is 0.449 e. The molecule has 226 valence electrons. The summed E-state index contributed by atoms with van der Waals surface area (Å²) in [5.41, 5.74) is 7.34. The lowest BCUT2D eigenvalue weighted by atomic mass is 9.45. The molecule has 0 amide bonds. The van der Waals surface area contributed by atoms with Crippen molar-refractivity contribution in [1.29, 1.82) is 0 Å². The minimum Gasteiger partial charge on any atom is -0.449 e. The minimum absolute atomic E-state index is 0.0481. The molecule has 1 aromatic carbocycles. The number of aliphatic hydroxyl groups excluding tert-OH is 2. The summed E-state index contributed by atoms with van der Waals surface area (Å²) >= 11 is 1.04. The summed E-state index contributed by atoms with van der Waals surface area (Å²) in [7, 11) is 0. The van der Waals surface area contributed by atoms with Crippen LogP contribution in [0.2, 0.25) is 0 Å². The summed E-state index contributed by atoms with van der Waals surface area (Å²) < 4.78 is 19.7. The number of fused-ring (bicyclic) bond motifs is 5. The number of ether oxygens (including phenoxy) is 1. The Labute approximate surface area is 250 Å². The highest BCUT2D eigenvalue weighted by atomic mass is 32.2. The number of allylic oxidation sites excluding steroid dienone is 3. The van der Waals surface area contributed by atoms with Gasteiger partial charge in [-0.25, -0.2) is 9.38 Å². The first-order chi connectivity index (χ1) is 20.1. The first kappa shape index (κ1) is 29.6. The smallest absolute Gasteiger partial charge is 0.309 e. The van der Waals surface area contributed by atoms with Gasteiger partial charge in [-0.05, 0) is 117 Å². The fourth-order valence-electron chi connectivity index (χ4n) is 8.95. The van der Waals surface area contributed by atoms with Crippen LogP contribution in [-0.4, -0.2) is 51.1 Å². The Morgan fingerprint density at radius 1 is 1.19 bits per heavy atom. The van der Waals surface area contributed by atoms with E-state index in [0.29, 0.717) is 24.9 Å². The van der Waals surface area contributed by atoms with Gasteiger partial charge >= 0.3 is 5.97 Å². The topological polar surface area (TPSA) is 122 Å². The third-order valence-corrected chi connectivity index (χ3v) is 12.1. The van der Waals surface area contributed by atoms with Crippen LogP contribution in [0.3, 0.4) is 0 Å². The number of halogens is 1. The van der Waals surface area contributed by atoms with Crippen LogP contribution in [0.5, 0.6) is 0 Å². The van der Waals surface area contributed by atoms with Gasteiger partial charge in [-0.15, -0.1) is 0 Å². The number of thioether (sulfide) groups is 1. The maximum absolute atomic E-state index is 13.8. The molecule has 4 N–H and O–H groups in total. The van der Waals surface area contributed by atoms with E-state index in [-0.39, 0.29) is 58.3 Å². The van der Waals surface area contributed by atoms with Crippen molar-refractivity contribution in [3.05, 3.63) is 53.5 Å². The van der Waals surface area contributed by atoms with Gasteiger partial charge in [0.15, 0.2) is 5.60 Å². The molecule has 4 saturated carbocycles. The van der Waals surface area contributed by atoms with E-state index >= 15 is 0 Å². The number of hydrogen-bond acceptors (Lipinski definition) is 8. The number of esters is 1. The summed E-state index contributed by atoms with van der Waals surface area (Å²) in [5.74, 6) is -0.302. The normalized spacial score (nSPS) is 39.3. The van der Waals surface area contributed by atoms with E-state index in [2.05, 4.69) is 19.9 Å². The number of benzene rings is 1. The van der Waals surface area contributed by atoms with Gasteiger partial charge in [0.2, 0.25) is 5.12 Å². The van der Waals surface area contributed by atoms with Crippen LogP contribution in [0.25, 0.3) is 0 Å². The molecule has 1 aromatic rings. The lowest BCUT2D eigenvalue weighted by Crippen LogP contribution is -2.62. The Morgan fingerprint density at radius 2 is 1.93 bits per heavy atom. The molecule has 0 saturated heterocycles. The van der Waals surface area contributed by atoms with Crippen molar-refractivity contribution >= 4 is 34.2 Å². The summed E-state index contributed by atoms with van der Waals surface area (Å²) in [6.45, 7) is 4.14. The molecule has 0 aromatic heterocycles. The van der Waals surface area contributed by atoms with Gasteiger partial charge in [0.1, 0.15) is 5.82 Å². The first-order valence-corrected chi connectivity index (χ1v) is 16.2. The van der Waals surface area contributed by atoms with Crippen LogP contribution in [0, 0.1) is 40.3 Å². The first-order valence-electron chi connectivity index (χ1n) is 15.2. The highest BCUT2D eigenvalue weighted by Crippen LogP contribution is 2.69. The Morgan fingerprint density at radius 3 is 2.60 bits per heavy atom. The van der Waals surface area contributed by atoms with Crippen LogP contribution < -0.4 is 5.73 Å². The second kappa shape index (κ2) is 10.9. The van der Waals surface area contributed by atoms with E-state index in [1.54, 1.807) is 18.3 Å². The van der Waals surface area contributed by atoms with Crippen LogP contribution in [0.4, 0.5) is 10.1 Å². The molecule has 5 aliphatic carbocycles. The van der Waals surface area contributed by atoms with Crippen molar-refractivity contribution in [2.24, 2.45) is 45.2 Å². The average Bonchev–Trinajstić information content (AvgIpc) is 3.77. The third kappa shape index (κ3) is 4.67. The zero-order valence-corrected chi connectivity index (χ0v) is 25.2. The highest BCUT2D eigenvalue weighted by molar-refractivity contribution is 8.13. The van der Waals surface area contributed by atoms with Gasteiger partial charge in [0, 0.05) is 11.2 Å². The van der Waals surface area contributed by atoms with Crippen molar-refractivity contribution in [2.45, 2.75) is 76.9 Å². The number of carbonyl (C=O) groups is 2. The van der Waals surface area contributed by atoms with Crippen LogP contribution in [0.15, 0.2) is 52.7 Å². The van der Waals surface area contributed by atoms with Crippen molar-refractivity contribution < 1.29 is 28.9 Å². The lowest BCUT2D eigenvalue weighted by molar-refractivity contribution is -0.197. The number of nitrogens with zero attached hydrogens (tertiary/aromatic N) is 1. The van der Waals surface area contributed by atoms with E-state index in [9.17, 15) is 24.2 Å². The summed E-state index contributed by atoms with van der Waals surface area (Å²) in [4.78, 5) is 31.7. The van der Waals surface area contributed by atoms with Crippen LogP contribution in [-0.2, 0) is 14.3 Å². The monoisotopic (exact) mass is 596 g/mol. The molecule has 42 heavy (non-hydrogen) atoms. The lowest BCUT2D eigenvalue weighted by Gasteiger charge is -2.61. The molecule has 6 rings (SSSR count). The molecule has 5 aliphatic rings. The van der Waals surface area contributed by atoms with E-state index in [1.165, 1.54) is 17.7 Å². The highest BCUT2D eigenvalue weighted by Gasteiger charge is 2.71. The second-order valence-electron chi connectivity index (χ2n) is 13.4. The number of nitrogens with two attached hydrogens (primary N) is 1. The molecular formula is C33H41FN2O5S. The molecule has 9 heteroatoms. The summed E-state index contributed by atoms with van der Waals surface area (Å²) in [6.07, 6.45) is 8.46. The van der Waals surface area contributed by atoms with Crippen molar-refractivity contribution in [1.82, 2.24) is 0 Å². The Hall–Kier alpha value is -2.49. The minimum atomic E-state index is -1.30. The number of aliphatic imine (C=N–C) groups is 1. The predicted molar refractivity (Wildman–Crippen MR) is 160 cm³/mol. The molecular weight excluding hydrogens is 555 g/mol. The Kier molecular flexibility index (Phi) is 7.67. The van der Waals surface area contributed by atoms with Crippen molar-refractivity contribution in [3.8, 4) is 0 Å². The molecule has 0 bridgehead atoms. The van der Waals surface area contributed by atoms with Crippen molar-refractivity contribution in [2.75, 3.05) is 12.4 Å². The Bertz CT molecular complexity index is 1360. The summed E-state index contributed by atoms with van der Waals surface area (Å²) in [6, 6.07) is 6.08. The summed E-state index contributed by atoms with van der Waals surface area (Å²) in [5, 5.41) is 21.3. The van der Waals surface area contributed by atoms with Gasteiger partial charge in [-0.3, -0.25) is 9.59 Å². The van der Waals surface area contributed by atoms with Gasteiger partial charge in [-0.2, -0.15) is 0 Å². The molecule has 0 spiro atoms. The standard InChI is InChI=1S/C33H41FN2O5S/c1-31-16-20(18-35)26(36-23-8-6-22(34)7-9-23)15-21(31)5-10-24-25-11-12-33(30(40)42-14-13-37,41-29(39)19-3-4-19)32(25,2)17-27(38)28(24)31/h6-9,15,18-19,24-25,27-28,37-38H,3-5,10-14,16-17,35H2,1-2H3/t24-,25?,27?,28?,31-,32-,33-/m0/s1. The maximum atomic E-state index is 13.8. The molecule has 0 radical (unpaired) electrons. The van der Waals surface area contributed by atoms with E-state index in [1.807, 2.05) is 0 Å². The van der Waals surface area contributed by atoms with E-state index in [4.69, 9.17) is 15.5 Å². The number of carbonyl (C=O) groups excluding carboxylic acids is 2. The quantitative estimate of drug-likeness (QED) is 0.385. The molecule has 0 aliphatic heterocycles. The van der Waals surface area contributed by atoms with Crippen LogP contribution in [0.1, 0.15) is 65.2 Å². The average molecular weight is 597 g/mol. The van der Waals surface area contributed by atoms with E-state index < -0.39 is 17.1 Å². The fourth-order valence-corrected chi connectivity index (χ4v) is 9.84. The number of aliphatic hydroxyl groups is 2. The second-order valence-corrected chi connectivity index (χ2v) is 14.4. The maximum Gasteiger partial charge on any atom is 0.309 e. The van der Waals surface area contributed by atoms with Crippen LogP contribution >= 0.6 is 11.8 Å². The predicted octanol–water partition coefficient (Wildman–Crippen LogP) is 5.23. The fraction of sp³-hybridized carbons (Fsp3) is 0.606. The molecule has 0 heterocycles. The molecule has 4 fully saturated rings. The van der Waals surface area contributed by atoms with E-state index in [0.717, 1.165) is 55.2 Å². The Balaban J connectivity index is 1.34. The molecule has 3 unspecified atom stereocenters. The zero-order valence-electron chi connectivity index (χ0n) is 24.4. The number of rotatable bonds is 6. The third-order valence-electron chi connectivity index (χ3n) is 11.1. The van der Waals surface area contributed by atoms with Gasteiger partial charge in [0.05, 0.1) is 30.0 Å². The molecule has 7 nitrogen and oxygen atoms in total. The molecule has 7 atom stereocenters.